The van der Waals surface area contributed by atoms with Crippen LogP contribution in [0.25, 0.3) is 0 Å². The number of rotatable bonds is 5. The van der Waals surface area contributed by atoms with E-state index in [0.29, 0.717) is 12.3 Å². The topological polar surface area (TPSA) is 34.4 Å². The van der Waals surface area contributed by atoms with E-state index in [1.165, 1.54) is 6.07 Å². The van der Waals surface area contributed by atoms with Gasteiger partial charge in [0.1, 0.15) is 18.1 Å². The molecule has 5 heteroatoms. The Balaban J connectivity index is 2.02. The van der Waals surface area contributed by atoms with Crippen molar-refractivity contribution >= 4 is 0 Å². The van der Waals surface area contributed by atoms with Gasteiger partial charge in [0.05, 0.1) is 6.54 Å². The van der Waals surface area contributed by atoms with Crippen LogP contribution in [-0.4, -0.2) is 7.05 Å². The van der Waals surface area contributed by atoms with Crippen molar-refractivity contribution in [3.63, 3.8) is 0 Å². The van der Waals surface area contributed by atoms with Gasteiger partial charge in [0.15, 0.2) is 17.4 Å². The van der Waals surface area contributed by atoms with Crippen LogP contribution in [0.4, 0.5) is 8.78 Å². The number of para-hydroxylation sites is 1. The molecule has 0 bridgehead atoms. The predicted molar refractivity (Wildman–Crippen MR) is 62.2 cm³/mol. The minimum atomic E-state index is -0.725. The Morgan fingerprint density at radius 1 is 1.11 bits per heavy atom. The van der Waals surface area contributed by atoms with E-state index in [2.05, 4.69) is 5.32 Å². The van der Waals surface area contributed by atoms with Crippen LogP contribution >= 0.6 is 0 Å². The summed E-state index contributed by atoms with van der Waals surface area (Å²) in [5.41, 5.74) is 0. The van der Waals surface area contributed by atoms with E-state index < -0.39 is 11.6 Å². The Labute approximate surface area is 103 Å². The lowest BCUT2D eigenvalue weighted by atomic mass is 10.3. The van der Waals surface area contributed by atoms with E-state index in [1.807, 2.05) is 0 Å². The summed E-state index contributed by atoms with van der Waals surface area (Å²) in [7, 11) is 1.80. The molecular weight excluding hydrogens is 240 g/mol. The molecule has 0 spiro atoms. The van der Waals surface area contributed by atoms with Crippen molar-refractivity contribution in [2.75, 3.05) is 7.05 Å². The first-order chi connectivity index (χ1) is 8.70. The van der Waals surface area contributed by atoms with Gasteiger partial charge in [0.25, 0.3) is 0 Å². The summed E-state index contributed by atoms with van der Waals surface area (Å²) in [5, 5.41) is 2.93. The summed E-state index contributed by atoms with van der Waals surface area (Å²) in [6, 6.07) is 7.08. The molecule has 0 amide bonds. The Morgan fingerprint density at radius 2 is 1.78 bits per heavy atom. The van der Waals surface area contributed by atoms with Gasteiger partial charge in [-0.1, -0.05) is 6.07 Å². The molecule has 1 aromatic carbocycles. The Hall–Kier alpha value is -1.88. The van der Waals surface area contributed by atoms with Crippen LogP contribution in [0, 0.1) is 11.6 Å². The van der Waals surface area contributed by atoms with Gasteiger partial charge in [-0.2, -0.15) is 0 Å². The molecule has 1 heterocycles. The van der Waals surface area contributed by atoms with Crippen molar-refractivity contribution in [1.82, 2.24) is 5.32 Å². The van der Waals surface area contributed by atoms with Crippen LogP contribution in [0.1, 0.15) is 11.5 Å². The second-order valence-corrected chi connectivity index (χ2v) is 3.74. The number of furan rings is 1. The smallest absolute Gasteiger partial charge is 0.191 e. The maximum absolute atomic E-state index is 13.3. The molecule has 1 aromatic heterocycles. The fourth-order valence-corrected chi connectivity index (χ4v) is 1.53. The highest BCUT2D eigenvalue weighted by Crippen LogP contribution is 2.22. The van der Waals surface area contributed by atoms with Crippen molar-refractivity contribution < 1.29 is 17.9 Å². The van der Waals surface area contributed by atoms with Gasteiger partial charge < -0.3 is 14.5 Å². The van der Waals surface area contributed by atoms with E-state index in [1.54, 1.807) is 19.2 Å². The number of ether oxygens (including phenoxy) is 1. The number of nitrogens with one attached hydrogen (secondary N) is 1. The van der Waals surface area contributed by atoms with Gasteiger partial charge in [-0.05, 0) is 31.3 Å². The van der Waals surface area contributed by atoms with E-state index in [-0.39, 0.29) is 12.4 Å². The van der Waals surface area contributed by atoms with E-state index in [4.69, 9.17) is 9.15 Å². The average Bonchev–Trinajstić information content (AvgIpc) is 2.77. The summed E-state index contributed by atoms with van der Waals surface area (Å²) < 4.78 is 37.0. The molecule has 0 unspecified atom stereocenters. The standard InChI is InChI=1S/C13H13F2NO2/c1-16-7-9-5-6-10(18-9)8-17-13-11(14)3-2-4-12(13)15/h2-6,16H,7-8H2,1H3. The molecule has 3 nitrogen and oxygen atoms in total. The zero-order valence-corrected chi connectivity index (χ0v) is 9.87. The Morgan fingerprint density at radius 3 is 2.44 bits per heavy atom. The van der Waals surface area contributed by atoms with Gasteiger partial charge in [-0.25, -0.2) is 8.78 Å². The number of hydrogen-bond donors (Lipinski definition) is 1. The van der Waals surface area contributed by atoms with Crippen molar-refractivity contribution in [3.05, 3.63) is 53.5 Å². The Bertz CT molecular complexity index is 505. The second kappa shape index (κ2) is 5.64. The van der Waals surface area contributed by atoms with Crippen molar-refractivity contribution in [3.8, 4) is 5.75 Å². The van der Waals surface area contributed by atoms with Crippen LogP contribution < -0.4 is 10.1 Å². The first-order valence-corrected chi connectivity index (χ1v) is 5.49. The molecule has 0 aliphatic heterocycles. The summed E-state index contributed by atoms with van der Waals surface area (Å²) in [6.45, 7) is 0.579. The van der Waals surface area contributed by atoms with Crippen LogP contribution in [0.3, 0.4) is 0 Å². The molecule has 0 radical (unpaired) electrons. The van der Waals surface area contributed by atoms with Gasteiger partial charge >= 0.3 is 0 Å². The predicted octanol–water partition coefficient (Wildman–Crippen LogP) is 2.86. The molecule has 0 aliphatic carbocycles. The summed E-state index contributed by atoms with van der Waals surface area (Å²) in [5.74, 6) is -0.578. The maximum atomic E-state index is 13.3. The molecule has 0 fully saturated rings. The van der Waals surface area contributed by atoms with Gasteiger partial charge in [0.2, 0.25) is 0 Å². The summed E-state index contributed by atoms with van der Waals surface area (Å²) >= 11 is 0. The third-order valence-electron chi connectivity index (χ3n) is 2.35. The van der Waals surface area contributed by atoms with Crippen molar-refractivity contribution in [2.45, 2.75) is 13.2 Å². The fraction of sp³-hybridized carbons (Fsp3) is 0.231. The molecular formula is C13H13F2NO2. The molecule has 96 valence electrons. The minimum Gasteiger partial charge on any atom is -0.480 e. The molecule has 2 aromatic rings. The maximum Gasteiger partial charge on any atom is 0.191 e. The third-order valence-corrected chi connectivity index (χ3v) is 2.35. The Kier molecular flexibility index (Phi) is 3.94. The van der Waals surface area contributed by atoms with Gasteiger partial charge in [-0.3, -0.25) is 0 Å². The normalized spacial score (nSPS) is 10.6. The average molecular weight is 253 g/mol. The highest BCUT2D eigenvalue weighted by molar-refractivity contribution is 5.26. The van der Waals surface area contributed by atoms with Crippen molar-refractivity contribution in [2.24, 2.45) is 0 Å². The molecule has 0 aliphatic rings. The van der Waals surface area contributed by atoms with E-state index >= 15 is 0 Å². The van der Waals surface area contributed by atoms with Crippen molar-refractivity contribution in [1.29, 1.82) is 0 Å². The first kappa shape index (κ1) is 12.6. The lowest BCUT2D eigenvalue weighted by molar-refractivity contribution is 0.243. The van der Waals surface area contributed by atoms with Gasteiger partial charge in [-0.15, -0.1) is 0 Å². The fourth-order valence-electron chi connectivity index (χ4n) is 1.53. The van der Waals surface area contributed by atoms with Gasteiger partial charge in [0, 0.05) is 0 Å². The lowest BCUT2D eigenvalue weighted by Crippen LogP contribution is -2.03. The quantitative estimate of drug-likeness (QED) is 0.889. The number of halogens is 2. The first-order valence-electron chi connectivity index (χ1n) is 5.49. The van der Waals surface area contributed by atoms with Crippen LogP contribution in [0.2, 0.25) is 0 Å². The zero-order valence-electron chi connectivity index (χ0n) is 9.87. The summed E-state index contributed by atoms with van der Waals surface area (Å²) in [4.78, 5) is 0. The lowest BCUT2D eigenvalue weighted by Gasteiger charge is -2.06. The van der Waals surface area contributed by atoms with E-state index in [9.17, 15) is 8.78 Å². The highest BCUT2D eigenvalue weighted by Gasteiger charge is 2.10. The largest absolute Gasteiger partial charge is 0.480 e. The summed E-state index contributed by atoms with van der Waals surface area (Å²) in [6.07, 6.45) is 0. The second-order valence-electron chi connectivity index (χ2n) is 3.74. The molecule has 0 atom stereocenters. The zero-order chi connectivity index (χ0) is 13.0. The molecule has 0 saturated heterocycles. The minimum absolute atomic E-state index is 0.0123. The molecule has 18 heavy (non-hydrogen) atoms. The van der Waals surface area contributed by atoms with Crippen LogP contribution in [0.5, 0.6) is 5.75 Å². The highest BCUT2D eigenvalue weighted by atomic mass is 19.1. The molecule has 0 saturated carbocycles. The van der Waals surface area contributed by atoms with Crippen LogP contribution in [-0.2, 0) is 13.2 Å². The SMILES string of the molecule is CNCc1ccc(COc2c(F)cccc2F)o1. The number of hydrogen-bond acceptors (Lipinski definition) is 3. The molecule has 1 N–H and O–H groups in total. The third kappa shape index (κ3) is 2.87. The van der Waals surface area contributed by atoms with Crippen LogP contribution in [0.15, 0.2) is 34.7 Å². The number of benzene rings is 1. The molecule has 2 rings (SSSR count). The monoisotopic (exact) mass is 253 g/mol. The van der Waals surface area contributed by atoms with E-state index in [0.717, 1.165) is 17.9 Å².